The molecule has 18 heavy (non-hydrogen) atoms. The molecule has 1 atom stereocenters. The summed E-state index contributed by atoms with van der Waals surface area (Å²) < 4.78 is 5.35. The summed E-state index contributed by atoms with van der Waals surface area (Å²) in [4.78, 5) is 26.3. The Morgan fingerprint density at radius 2 is 2.00 bits per heavy atom. The lowest BCUT2D eigenvalue weighted by molar-refractivity contribution is -0.138. The number of pyridine rings is 1. The third-order valence-corrected chi connectivity index (χ3v) is 2.03. The van der Waals surface area contributed by atoms with Gasteiger partial charge in [0.2, 0.25) is 5.88 Å². The number of aliphatic carboxylic acids is 1. The zero-order valence-corrected chi connectivity index (χ0v) is 10.5. The highest BCUT2D eigenvalue weighted by molar-refractivity contribution is 5.94. The van der Waals surface area contributed by atoms with Gasteiger partial charge in [0.15, 0.2) is 0 Å². The van der Waals surface area contributed by atoms with Crippen LogP contribution in [0.5, 0.6) is 5.88 Å². The third-order valence-electron chi connectivity index (χ3n) is 2.03. The molecule has 6 nitrogen and oxygen atoms in total. The van der Waals surface area contributed by atoms with E-state index in [9.17, 15) is 9.59 Å². The van der Waals surface area contributed by atoms with E-state index in [0.717, 1.165) is 0 Å². The SMILES string of the molecule is CC(C)Oc1cccc(C(=O)NC(C)C(=O)O)n1. The number of carboxylic acids is 1. The fourth-order valence-corrected chi connectivity index (χ4v) is 1.18. The van der Waals surface area contributed by atoms with Crippen LogP contribution in [0, 0.1) is 0 Å². The lowest BCUT2D eigenvalue weighted by atomic mass is 10.3. The smallest absolute Gasteiger partial charge is 0.325 e. The molecule has 0 aliphatic heterocycles. The zero-order chi connectivity index (χ0) is 13.7. The average molecular weight is 252 g/mol. The summed E-state index contributed by atoms with van der Waals surface area (Å²) in [6, 6.07) is 3.80. The minimum absolute atomic E-state index is 0.0474. The Labute approximate surface area is 105 Å². The Morgan fingerprint density at radius 3 is 2.56 bits per heavy atom. The first-order valence-electron chi connectivity index (χ1n) is 5.57. The third kappa shape index (κ3) is 4.04. The number of ether oxygens (including phenoxy) is 1. The standard InChI is InChI=1S/C12H16N2O4/c1-7(2)18-10-6-4-5-9(14-10)11(15)13-8(3)12(16)17/h4-8H,1-3H3,(H,13,15)(H,16,17). The van der Waals surface area contributed by atoms with E-state index in [2.05, 4.69) is 10.3 Å². The molecule has 0 bridgehead atoms. The van der Waals surface area contributed by atoms with Gasteiger partial charge in [-0.2, -0.15) is 0 Å². The van der Waals surface area contributed by atoms with E-state index in [1.165, 1.54) is 13.0 Å². The van der Waals surface area contributed by atoms with Crippen molar-refractivity contribution < 1.29 is 19.4 Å². The van der Waals surface area contributed by atoms with Crippen LogP contribution in [0.2, 0.25) is 0 Å². The number of carbonyl (C=O) groups is 2. The van der Waals surface area contributed by atoms with E-state index in [1.807, 2.05) is 13.8 Å². The van der Waals surface area contributed by atoms with Crippen LogP contribution in [-0.2, 0) is 4.79 Å². The number of carboxylic acid groups (broad SMARTS) is 1. The molecule has 0 aliphatic carbocycles. The predicted molar refractivity (Wildman–Crippen MR) is 64.6 cm³/mol. The van der Waals surface area contributed by atoms with E-state index >= 15 is 0 Å². The molecule has 0 aromatic carbocycles. The summed E-state index contributed by atoms with van der Waals surface area (Å²) in [6.45, 7) is 5.08. The predicted octanol–water partition coefficient (Wildman–Crippen LogP) is 1.07. The number of hydrogen-bond donors (Lipinski definition) is 2. The normalized spacial score (nSPS) is 12.0. The first-order valence-corrected chi connectivity index (χ1v) is 5.57. The minimum atomic E-state index is -1.10. The lowest BCUT2D eigenvalue weighted by Gasteiger charge is -2.11. The van der Waals surface area contributed by atoms with Gasteiger partial charge >= 0.3 is 5.97 Å². The van der Waals surface area contributed by atoms with E-state index in [4.69, 9.17) is 9.84 Å². The van der Waals surface area contributed by atoms with E-state index in [1.54, 1.807) is 12.1 Å². The molecule has 6 heteroatoms. The van der Waals surface area contributed by atoms with Crippen LogP contribution in [-0.4, -0.2) is 34.1 Å². The molecular weight excluding hydrogens is 236 g/mol. The first-order chi connectivity index (χ1) is 8.40. The summed E-state index contributed by atoms with van der Waals surface area (Å²) in [5.41, 5.74) is 0.126. The van der Waals surface area contributed by atoms with Gasteiger partial charge in [-0.15, -0.1) is 0 Å². The summed E-state index contributed by atoms with van der Waals surface area (Å²) in [5.74, 6) is -1.31. The number of amides is 1. The number of rotatable bonds is 5. The second-order valence-corrected chi connectivity index (χ2v) is 4.06. The Morgan fingerprint density at radius 1 is 1.33 bits per heavy atom. The molecule has 1 amide bonds. The minimum Gasteiger partial charge on any atom is -0.480 e. The van der Waals surface area contributed by atoms with Gasteiger partial charge < -0.3 is 15.2 Å². The molecule has 1 aromatic heterocycles. The van der Waals surface area contributed by atoms with Gasteiger partial charge in [0.25, 0.3) is 5.91 Å². The van der Waals surface area contributed by atoms with Crippen molar-refractivity contribution in [2.24, 2.45) is 0 Å². The molecule has 1 aromatic rings. The largest absolute Gasteiger partial charge is 0.480 e. The summed E-state index contributed by atoms with van der Waals surface area (Å²) >= 11 is 0. The van der Waals surface area contributed by atoms with Crippen LogP contribution in [0.4, 0.5) is 0 Å². The molecule has 2 N–H and O–H groups in total. The van der Waals surface area contributed by atoms with Crippen molar-refractivity contribution in [2.45, 2.75) is 32.9 Å². The van der Waals surface area contributed by atoms with E-state index in [0.29, 0.717) is 5.88 Å². The first kappa shape index (κ1) is 14.0. The van der Waals surface area contributed by atoms with Gasteiger partial charge in [-0.05, 0) is 26.8 Å². The van der Waals surface area contributed by atoms with Crippen LogP contribution < -0.4 is 10.1 Å². The van der Waals surface area contributed by atoms with Crippen LogP contribution >= 0.6 is 0 Å². The monoisotopic (exact) mass is 252 g/mol. The number of aromatic nitrogens is 1. The fourth-order valence-electron chi connectivity index (χ4n) is 1.18. The van der Waals surface area contributed by atoms with Gasteiger partial charge in [0.1, 0.15) is 11.7 Å². The molecule has 0 saturated carbocycles. The molecule has 1 unspecified atom stereocenters. The maximum Gasteiger partial charge on any atom is 0.325 e. The van der Waals surface area contributed by atoms with Crippen molar-refractivity contribution in [1.29, 1.82) is 0 Å². The highest BCUT2D eigenvalue weighted by Gasteiger charge is 2.16. The highest BCUT2D eigenvalue weighted by Crippen LogP contribution is 2.09. The fraction of sp³-hybridized carbons (Fsp3) is 0.417. The molecule has 0 radical (unpaired) electrons. The van der Waals surface area contributed by atoms with Gasteiger partial charge in [0.05, 0.1) is 6.10 Å². The molecule has 0 spiro atoms. The van der Waals surface area contributed by atoms with Gasteiger partial charge in [-0.3, -0.25) is 9.59 Å². The van der Waals surface area contributed by atoms with Crippen molar-refractivity contribution in [2.75, 3.05) is 0 Å². The van der Waals surface area contributed by atoms with Crippen molar-refractivity contribution in [3.05, 3.63) is 23.9 Å². The van der Waals surface area contributed by atoms with Crippen LogP contribution in [0.15, 0.2) is 18.2 Å². The van der Waals surface area contributed by atoms with Gasteiger partial charge in [-0.1, -0.05) is 6.07 Å². The quantitative estimate of drug-likeness (QED) is 0.818. The number of hydrogen-bond acceptors (Lipinski definition) is 4. The second-order valence-electron chi connectivity index (χ2n) is 4.06. The second kappa shape index (κ2) is 6.00. The van der Waals surface area contributed by atoms with Crippen LogP contribution in [0.1, 0.15) is 31.3 Å². The van der Waals surface area contributed by atoms with Gasteiger partial charge in [0, 0.05) is 6.07 Å². The molecule has 0 saturated heterocycles. The summed E-state index contributed by atoms with van der Waals surface area (Å²) in [6.07, 6.45) is -0.0474. The Bertz CT molecular complexity index is 445. The van der Waals surface area contributed by atoms with Crippen molar-refractivity contribution in [3.63, 3.8) is 0 Å². The Kier molecular flexibility index (Phi) is 4.65. The van der Waals surface area contributed by atoms with Gasteiger partial charge in [-0.25, -0.2) is 4.98 Å². The molecule has 0 aliphatic rings. The Hall–Kier alpha value is -2.11. The lowest BCUT2D eigenvalue weighted by Crippen LogP contribution is -2.38. The number of nitrogens with one attached hydrogen (secondary N) is 1. The zero-order valence-electron chi connectivity index (χ0n) is 10.5. The summed E-state index contributed by atoms with van der Waals surface area (Å²) in [7, 11) is 0. The highest BCUT2D eigenvalue weighted by atomic mass is 16.5. The molecular formula is C12H16N2O4. The maximum atomic E-state index is 11.7. The maximum absolute atomic E-state index is 11.7. The van der Waals surface area contributed by atoms with Crippen LogP contribution in [0.25, 0.3) is 0 Å². The Balaban J connectivity index is 2.77. The van der Waals surface area contributed by atoms with E-state index in [-0.39, 0.29) is 11.8 Å². The van der Waals surface area contributed by atoms with Crippen LogP contribution in [0.3, 0.4) is 0 Å². The molecule has 0 fully saturated rings. The molecule has 1 heterocycles. The van der Waals surface area contributed by atoms with Crippen molar-refractivity contribution in [3.8, 4) is 5.88 Å². The van der Waals surface area contributed by atoms with Crippen molar-refractivity contribution >= 4 is 11.9 Å². The number of carbonyl (C=O) groups excluding carboxylic acids is 1. The topological polar surface area (TPSA) is 88.5 Å². The number of nitrogens with zero attached hydrogens (tertiary/aromatic N) is 1. The van der Waals surface area contributed by atoms with Crippen molar-refractivity contribution in [1.82, 2.24) is 10.3 Å². The van der Waals surface area contributed by atoms with E-state index < -0.39 is 17.9 Å². The summed E-state index contributed by atoms with van der Waals surface area (Å²) in [5, 5.41) is 11.0. The molecule has 98 valence electrons. The average Bonchev–Trinajstić information content (AvgIpc) is 2.28. The molecule has 1 rings (SSSR count).